The molecule has 7 heteroatoms. The summed E-state index contributed by atoms with van der Waals surface area (Å²) in [7, 11) is 1.33. The fourth-order valence-corrected chi connectivity index (χ4v) is 3.95. The summed E-state index contributed by atoms with van der Waals surface area (Å²) in [4.78, 5) is 0. The van der Waals surface area contributed by atoms with E-state index in [1.807, 2.05) is 0 Å². The first-order valence-electron chi connectivity index (χ1n) is 2.95. The predicted molar refractivity (Wildman–Crippen MR) is 52.4 cm³/mol. The van der Waals surface area contributed by atoms with Crippen molar-refractivity contribution in [3.63, 3.8) is 0 Å². The highest BCUT2D eigenvalue weighted by Gasteiger charge is 2.31. The molecule has 1 heterocycles. The normalized spacial score (nSPS) is 33.5. The number of aliphatic hydroxyl groups is 1. The third-order valence-electron chi connectivity index (χ3n) is 1.21. The summed E-state index contributed by atoms with van der Waals surface area (Å²) in [5.41, 5.74) is 0. The molecule has 0 aliphatic carbocycles. The molecule has 0 aromatic rings. The molecule has 3 atom stereocenters. The van der Waals surface area contributed by atoms with Crippen molar-refractivity contribution in [1.82, 2.24) is 0 Å². The first-order valence-corrected chi connectivity index (χ1v) is 7.77. The Morgan fingerprint density at radius 2 is 2.18 bits per heavy atom. The smallest absolute Gasteiger partial charge is 0.389 e. The van der Waals surface area contributed by atoms with Crippen molar-refractivity contribution < 1.29 is 14.2 Å². The number of aliphatic hydroxyl groups excluding tert-OH is 1. The largest absolute Gasteiger partial charge is 0.582 e. The Labute approximate surface area is 79.1 Å². The van der Waals surface area contributed by atoms with Gasteiger partial charge in [-0.25, -0.2) is 0 Å². The second-order valence-electron chi connectivity index (χ2n) is 2.02. The van der Waals surface area contributed by atoms with Gasteiger partial charge in [0.2, 0.25) is 0 Å². The van der Waals surface area contributed by atoms with Crippen LogP contribution in [0.15, 0.2) is 0 Å². The van der Waals surface area contributed by atoms with Crippen LogP contribution in [0.25, 0.3) is 0 Å². The SMILES string of the molecule is O=[P+](S)O[C@H]1CSSC[C@H]1O. The van der Waals surface area contributed by atoms with Gasteiger partial charge in [-0.3, -0.25) is 0 Å². The van der Waals surface area contributed by atoms with Crippen LogP contribution < -0.4 is 0 Å². The Morgan fingerprint density at radius 1 is 1.55 bits per heavy atom. The van der Waals surface area contributed by atoms with Crippen LogP contribution in [0.4, 0.5) is 0 Å². The number of rotatable bonds is 2. The molecule has 0 radical (unpaired) electrons. The fraction of sp³-hybridized carbons (Fsp3) is 1.00. The molecule has 0 spiro atoms. The van der Waals surface area contributed by atoms with Gasteiger partial charge in [0.25, 0.3) is 0 Å². The van der Waals surface area contributed by atoms with Crippen LogP contribution in [0.1, 0.15) is 0 Å². The van der Waals surface area contributed by atoms with Crippen LogP contribution in [-0.4, -0.2) is 28.8 Å². The lowest BCUT2D eigenvalue weighted by Gasteiger charge is -2.21. The van der Waals surface area contributed by atoms with Gasteiger partial charge in [-0.05, 0) is 4.57 Å². The van der Waals surface area contributed by atoms with E-state index in [0.717, 1.165) is 0 Å². The summed E-state index contributed by atoms with van der Waals surface area (Å²) >= 11 is 3.61. The lowest BCUT2D eigenvalue weighted by Crippen LogP contribution is -2.33. The van der Waals surface area contributed by atoms with Gasteiger partial charge in [-0.15, -0.1) is 4.52 Å². The summed E-state index contributed by atoms with van der Waals surface area (Å²) in [5, 5.41) is 9.30. The van der Waals surface area contributed by atoms with Crippen molar-refractivity contribution >= 4 is 41.1 Å². The van der Waals surface area contributed by atoms with Gasteiger partial charge in [-0.1, -0.05) is 21.6 Å². The second kappa shape index (κ2) is 4.94. The first-order chi connectivity index (χ1) is 5.20. The van der Waals surface area contributed by atoms with Gasteiger partial charge in [-0.2, -0.15) is 0 Å². The van der Waals surface area contributed by atoms with Gasteiger partial charge in [0.1, 0.15) is 12.2 Å². The lowest BCUT2D eigenvalue weighted by atomic mass is 10.3. The third kappa shape index (κ3) is 3.53. The molecule has 0 saturated carbocycles. The van der Waals surface area contributed by atoms with E-state index in [-0.39, 0.29) is 6.10 Å². The van der Waals surface area contributed by atoms with E-state index in [1.54, 1.807) is 21.6 Å². The van der Waals surface area contributed by atoms with E-state index in [2.05, 4.69) is 12.2 Å². The predicted octanol–water partition coefficient (Wildman–Crippen LogP) is 1.71. The topological polar surface area (TPSA) is 46.5 Å². The molecule has 1 aliphatic rings. The van der Waals surface area contributed by atoms with Crippen LogP contribution >= 0.6 is 41.1 Å². The van der Waals surface area contributed by atoms with Gasteiger partial charge in [0.05, 0.1) is 6.10 Å². The van der Waals surface area contributed by atoms with Crippen LogP contribution in [0, 0.1) is 0 Å². The first kappa shape index (κ1) is 10.2. The third-order valence-corrected chi connectivity index (χ3v) is 4.37. The van der Waals surface area contributed by atoms with E-state index in [0.29, 0.717) is 11.5 Å². The molecule has 1 unspecified atom stereocenters. The highest BCUT2D eigenvalue weighted by Crippen LogP contribution is 2.37. The van der Waals surface area contributed by atoms with Crippen LogP contribution in [-0.2, 0) is 9.09 Å². The Morgan fingerprint density at radius 3 is 2.73 bits per heavy atom. The van der Waals surface area contributed by atoms with Crippen molar-refractivity contribution in [3.05, 3.63) is 0 Å². The Hall–Kier alpha value is 1.07. The quantitative estimate of drug-likeness (QED) is 0.430. The summed E-state index contributed by atoms with van der Waals surface area (Å²) in [6, 6.07) is 0. The van der Waals surface area contributed by atoms with Crippen molar-refractivity contribution in [3.8, 4) is 0 Å². The maximum atomic E-state index is 10.5. The molecule has 0 aromatic carbocycles. The Balaban J connectivity index is 2.35. The zero-order chi connectivity index (χ0) is 8.27. The molecular weight excluding hydrogens is 223 g/mol. The van der Waals surface area contributed by atoms with E-state index in [9.17, 15) is 9.67 Å². The number of hydrogen-bond donors (Lipinski definition) is 2. The van der Waals surface area contributed by atoms with Crippen LogP contribution in [0.5, 0.6) is 0 Å². The lowest BCUT2D eigenvalue weighted by molar-refractivity contribution is 0.0737. The maximum Gasteiger partial charge on any atom is 0.582 e. The van der Waals surface area contributed by atoms with E-state index >= 15 is 0 Å². The monoisotopic (exact) mass is 231 g/mol. The van der Waals surface area contributed by atoms with Gasteiger partial charge >= 0.3 is 7.23 Å². The molecular formula is C4H8O3PS3+. The standard InChI is InChI=1S/C4H7O3PS3/c5-3-1-10-11-2-4(3)7-8(6)9/h3-5H,1-2H2/p+1/t3-,4+/m1/s1. The molecule has 0 bridgehead atoms. The summed E-state index contributed by atoms with van der Waals surface area (Å²) in [6.45, 7) is 0. The van der Waals surface area contributed by atoms with Gasteiger partial charge in [0, 0.05) is 11.5 Å². The summed E-state index contributed by atoms with van der Waals surface area (Å²) in [5.74, 6) is 1.31. The van der Waals surface area contributed by atoms with Crippen molar-refractivity contribution in [2.24, 2.45) is 0 Å². The molecule has 3 nitrogen and oxygen atoms in total. The van der Waals surface area contributed by atoms with Crippen LogP contribution in [0.2, 0.25) is 0 Å². The number of thiol groups is 1. The van der Waals surface area contributed by atoms with Crippen LogP contribution in [0.3, 0.4) is 0 Å². The Kier molecular flexibility index (Phi) is 4.56. The molecule has 0 aromatic heterocycles. The molecule has 1 N–H and O–H groups in total. The molecule has 64 valence electrons. The molecule has 1 aliphatic heterocycles. The van der Waals surface area contributed by atoms with Gasteiger partial charge in [0.15, 0.2) is 6.10 Å². The average molecular weight is 231 g/mol. The highest BCUT2D eigenvalue weighted by molar-refractivity contribution is 8.76. The zero-order valence-corrected chi connectivity index (χ0v) is 8.97. The van der Waals surface area contributed by atoms with Crippen molar-refractivity contribution in [1.29, 1.82) is 0 Å². The summed E-state index contributed by atoms with van der Waals surface area (Å²) < 4.78 is 15.4. The van der Waals surface area contributed by atoms with Gasteiger partial charge < -0.3 is 5.11 Å². The summed E-state index contributed by atoms with van der Waals surface area (Å²) in [6.07, 6.45) is -0.824. The molecule has 1 fully saturated rings. The zero-order valence-electron chi connectivity index (χ0n) is 5.54. The minimum atomic E-state index is -1.89. The Bertz CT molecular complexity index is 156. The van der Waals surface area contributed by atoms with Crippen molar-refractivity contribution in [2.75, 3.05) is 11.5 Å². The second-order valence-corrected chi connectivity index (χ2v) is 6.24. The maximum absolute atomic E-state index is 10.5. The van der Waals surface area contributed by atoms with Crippen molar-refractivity contribution in [2.45, 2.75) is 12.2 Å². The number of hydrogen-bond acceptors (Lipinski definition) is 5. The average Bonchev–Trinajstić information content (AvgIpc) is 1.93. The minimum Gasteiger partial charge on any atom is -0.389 e. The van der Waals surface area contributed by atoms with E-state index < -0.39 is 13.3 Å². The minimum absolute atomic E-state index is 0.317. The van der Waals surface area contributed by atoms with E-state index in [1.165, 1.54) is 0 Å². The highest BCUT2D eigenvalue weighted by atomic mass is 33.1. The molecule has 0 amide bonds. The fourth-order valence-electron chi connectivity index (χ4n) is 0.668. The molecule has 11 heavy (non-hydrogen) atoms. The van der Waals surface area contributed by atoms with E-state index in [4.69, 9.17) is 4.52 Å². The molecule has 1 saturated heterocycles. The molecule has 1 rings (SSSR count).